The predicted octanol–water partition coefficient (Wildman–Crippen LogP) is 1.09. The number of ether oxygens (including phenoxy) is 1. The molecule has 0 radical (unpaired) electrons. The van der Waals surface area contributed by atoms with E-state index in [4.69, 9.17) is 27.2 Å². The van der Waals surface area contributed by atoms with Gasteiger partial charge in [-0.05, 0) is 12.1 Å². The second-order valence-corrected chi connectivity index (χ2v) is 3.95. The van der Waals surface area contributed by atoms with Crippen LogP contribution in [0, 0.1) is 0 Å². The summed E-state index contributed by atoms with van der Waals surface area (Å²) in [5.41, 5.74) is 5.85. The number of methoxy groups -OCH3 is 1. The van der Waals surface area contributed by atoms with Crippen molar-refractivity contribution in [2.45, 2.75) is 12.5 Å². The Hall–Kier alpha value is -1.79. The van der Waals surface area contributed by atoms with Crippen LogP contribution in [0.2, 0.25) is 5.02 Å². The zero-order valence-electron chi connectivity index (χ0n) is 9.64. The molecular formula is C11H13ClN2O4. The van der Waals surface area contributed by atoms with E-state index in [0.29, 0.717) is 16.5 Å². The molecule has 0 saturated heterocycles. The van der Waals surface area contributed by atoms with Gasteiger partial charge >= 0.3 is 5.97 Å². The van der Waals surface area contributed by atoms with Crippen molar-refractivity contribution in [3.8, 4) is 5.75 Å². The Labute approximate surface area is 109 Å². The first-order chi connectivity index (χ1) is 8.43. The zero-order valence-corrected chi connectivity index (χ0v) is 10.4. The van der Waals surface area contributed by atoms with Crippen molar-refractivity contribution in [2.24, 2.45) is 5.73 Å². The van der Waals surface area contributed by atoms with E-state index in [-0.39, 0.29) is 0 Å². The van der Waals surface area contributed by atoms with E-state index in [1.807, 2.05) is 0 Å². The first kappa shape index (κ1) is 14.3. The average molecular weight is 273 g/mol. The number of halogens is 1. The molecule has 0 aliphatic rings. The van der Waals surface area contributed by atoms with Crippen LogP contribution in [0.25, 0.3) is 0 Å². The number of amides is 1. The van der Waals surface area contributed by atoms with Crippen molar-refractivity contribution >= 4 is 29.2 Å². The number of anilines is 1. The van der Waals surface area contributed by atoms with Gasteiger partial charge in [-0.25, -0.2) is 0 Å². The summed E-state index contributed by atoms with van der Waals surface area (Å²) in [4.78, 5) is 22.0. The molecular weight excluding hydrogens is 260 g/mol. The summed E-state index contributed by atoms with van der Waals surface area (Å²) in [6.45, 7) is 0. The van der Waals surface area contributed by atoms with Crippen LogP contribution in [0.4, 0.5) is 5.69 Å². The van der Waals surface area contributed by atoms with Crippen molar-refractivity contribution in [3.63, 3.8) is 0 Å². The van der Waals surface area contributed by atoms with Crippen molar-refractivity contribution < 1.29 is 19.4 Å². The summed E-state index contributed by atoms with van der Waals surface area (Å²) in [7, 11) is 1.45. The monoisotopic (exact) mass is 272 g/mol. The molecule has 18 heavy (non-hydrogen) atoms. The van der Waals surface area contributed by atoms with Gasteiger partial charge < -0.3 is 20.9 Å². The highest BCUT2D eigenvalue weighted by atomic mass is 35.5. The van der Waals surface area contributed by atoms with Crippen LogP contribution in [0.1, 0.15) is 6.42 Å². The average Bonchev–Trinajstić information content (AvgIpc) is 2.30. The largest absolute Gasteiger partial charge is 0.495 e. The number of nitrogens with two attached hydrogens (primary N) is 1. The van der Waals surface area contributed by atoms with Gasteiger partial charge in [0.25, 0.3) is 0 Å². The Bertz CT molecular complexity index is 464. The quantitative estimate of drug-likeness (QED) is 0.745. The lowest BCUT2D eigenvalue weighted by Gasteiger charge is -2.11. The maximum atomic E-state index is 11.6. The van der Waals surface area contributed by atoms with Crippen LogP contribution in [0.5, 0.6) is 5.75 Å². The van der Waals surface area contributed by atoms with Crippen molar-refractivity contribution in [1.82, 2.24) is 0 Å². The van der Waals surface area contributed by atoms with Crippen LogP contribution in [-0.4, -0.2) is 30.1 Å². The minimum absolute atomic E-state index is 0.404. The molecule has 4 N–H and O–H groups in total. The van der Waals surface area contributed by atoms with Crippen LogP contribution in [-0.2, 0) is 9.59 Å². The van der Waals surface area contributed by atoms with Gasteiger partial charge in [0.2, 0.25) is 5.91 Å². The standard InChI is InChI=1S/C11H13ClN2O4/c1-18-9-4-6(2-3-7(9)12)14-11(17)8(13)5-10(15)16/h2-4,8H,5,13H2,1H3,(H,14,17)(H,15,16). The van der Waals surface area contributed by atoms with E-state index in [1.165, 1.54) is 13.2 Å². The molecule has 1 amide bonds. The van der Waals surface area contributed by atoms with Gasteiger partial charge in [-0.1, -0.05) is 11.6 Å². The fraction of sp³-hybridized carbons (Fsp3) is 0.273. The molecule has 0 fully saturated rings. The lowest BCUT2D eigenvalue weighted by atomic mass is 10.2. The summed E-state index contributed by atoms with van der Waals surface area (Å²) < 4.78 is 4.98. The number of nitrogens with one attached hydrogen (secondary N) is 1. The summed E-state index contributed by atoms with van der Waals surface area (Å²) in [5.74, 6) is -1.31. The van der Waals surface area contributed by atoms with Gasteiger partial charge in [0.15, 0.2) is 0 Å². The number of benzene rings is 1. The summed E-state index contributed by atoms with van der Waals surface area (Å²) >= 11 is 5.82. The second kappa shape index (κ2) is 6.23. The topological polar surface area (TPSA) is 102 Å². The molecule has 0 heterocycles. The molecule has 6 nitrogen and oxygen atoms in total. The summed E-state index contributed by atoms with van der Waals surface area (Å²) in [6.07, 6.45) is -0.434. The van der Waals surface area contributed by atoms with Gasteiger partial charge in [-0.2, -0.15) is 0 Å². The third-order valence-corrected chi connectivity index (χ3v) is 2.46. The summed E-state index contributed by atoms with van der Waals surface area (Å²) in [5, 5.41) is 11.4. The van der Waals surface area contributed by atoms with Gasteiger partial charge in [-0.15, -0.1) is 0 Å². The minimum Gasteiger partial charge on any atom is -0.495 e. The maximum Gasteiger partial charge on any atom is 0.305 e. The molecule has 98 valence electrons. The fourth-order valence-corrected chi connectivity index (χ4v) is 1.45. The first-order valence-corrected chi connectivity index (χ1v) is 5.43. The smallest absolute Gasteiger partial charge is 0.305 e. The third-order valence-electron chi connectivity index (χ3n) is 2.15. The molecule has 1 unspecified atom stereocenters. The van der Waals surface area contributed by atoms with Crippen molar-refractivity contribution in [1.29, 1.82) is 0 Å². The molecule has 0 aliphatic carbocycles. The second-order valence-electron chi connectivity index (χ2n) is 3.54. The molecule has 0 aliphatic heterocycles. The van der Waals surface area contributed by atoms with E-state index >= 15 is 0 Å². The van der Waals surface area contributed by atoms with Gasteiger partial charge in [-0.3, -0.25) is 9.59 Å². The normalized spacial score (nSPS) is 11.7. The van der Waals surface area contributed by atoms with Gasteiger partial charge in [0.1, 0.15) is 5.75 Å². The Morgan fingerprint density at radius 2 is 2.22 bits per heavy atom. The lowest BCUT2D eigenvalue weighted by molar-refractivity contribution is -0.138. The van der Waals surface area contributed by atoms with Crippen LogP contribution in [0.15, 0.2) is 18.2 Å². The molecule has 1 atom stereocenters. The molecule has 0 bridgehead atoms. The number of hydrogen-bond donors (Lipinski definition) is 3. The number of carbonyl (C=O) groups is 2. The summed E-state index contributed by atoms with van der Waals surface area (Å²) in [6, 6.07) is 3.53. The Kier molecular flexibility index (Phi) is 4.94. The highest BCUT2D eigenvalue weighted by Crippen LogP contribution is 2.27. The lowest BCUT2D eigenvalue weighted by Crippen LogP contribution is -2.37. The zero-order chi connectivity index (χ0) is 13.7. The SMILES string of the molecule is COc1cc(NC(=O)C(N)CC(=O)O)ccc1Cl. The van der Waals surface area contributed by atoms with Crippen molar-refractivity contribution in [2.75, 3.05) is 12.4 Å². The van der Waals surface area contributed by atoms with Crippen LogP contribution in [0.3, 0.4) is 0 Å². The van der Waals surface area contributed by atoms with E-state index in [2.05, 4.69) is 5.32 Å². The molecule has 0 aromatic heterocycles. The molecule has 0 spiro atoms. The number of carbonyl (C=O) groups excluding carboxylic acids is 1. The number of rotatable bonds is 5. The highest BCUT2D eigenvalue weighted by Gasteiger charge is 2.17. The number of carboxylic acids is 1. The molecule has 7 heteroatoms. The minimum atomic E-state index is -1.13. The Morgan fingerprint density at radius 1 is 1.56 bits per heavy atom. The van der Waals surface area contributed by atoms with Crippen molar-refractivity contribution in [3.05, 3.63) is 23.2 Å². The number of carboxylic acid groups (broad SMARTS) is 1. The fourth-order valence-electron chi connectivity index (χ4n) is 1.25. The third kappa shape index (κ3) is 3.90. The van der Waals surface area contributed by atoms with Gasteiger partial charge in [0, 0.05) is 11.8 Å². The molecule has 1 aromatic carbocycles. The van der Waals surface area contributed by atoms with E-state index in [9.17, 15) is 9.59 Å². The number of aliphatic carboxylic acids is 1. The number of hydrogen-bond acceptors (Lipinski definition) is 4. The predicted molar refractivity (Wildman–Crippen MR) is 66.9 cm³/mol. The Morgan fingerprint density at radius 3 is 2.78 bits per heavy atom. The van der Waals surface area contributed by atoms with E-state index < -0.39 is 24.3 Å². The Balaban J connectivity index is 2.72. The van der Waals surface area contributed by atoms with Crippen LogP contribution < -0.4 is 15.8 Å². The maximum absolute atomic E-state index is 11.6. The van der Waals surface area contributed by atoms with E-state index in [1.54, 1.807) is 12.1 Å². The van der Waals surface area contributed by atoms with Crippen LogP contribution >= 0.6 is 11.6 Å². The van der Waals surface area contributed by atoms with Gasteiger partial charge in [0.05, 0.1) is 24.6 Å². The highest BCUT2D eigenvalue weighted by molar-refractivity contribution is 6.32. The molecule has 1 aromatic rings. The van der Waals surface area contributed by atoms with E-state index in [0.717, 1.165) is 0 Å². The molecule has 1 rings (SSSR count). The first-order valence-electron chi connectivity index (χ1n) is 5.06. The molecule has 0 saturated carbocycles.